The molecule has 140 valence electrons. The van der Waals surface area contributed by atoms with Crippen LogP contribution in [-0.2, 0) is 9.59 Å². The molecule has 27 heavy (non-hydrogen) atoms. The topological polar surface area (TPSA) is 34.1 Å². The molecule has 0 saturated carbocycles. The lowest BCUT2D eigenvalue weighted by Crippen LogP contribution is -2.17. The Hall–Kier alpha value is -2.88. The van der Waals surface area contributed by atoms with Crippen LogP contribution in [0.1, 0.15) is 37.3 Å². The van der Waals surface area contributed by atoms with Crippen molar-refractivity contribution in [2.24, 2.45) is 5.92 Å². The van der Waals surface area contributed by atoms with Gasteiger partial charge < -0.3 is 0 Å². The second-order valence-electron chi connectivity index (χ2n) is 6.33. The first-order valence-electron chi connectivity index (χ1n) is 8.84. The van der Waals surface area contributed by atoms with Gasteiger partial charge in [-0.1, -0.05) is 50.3 Å². The van der Waals surface area contributed by atoms with Crippen molar-refractivity contribution in [3.63, 3.8) is 0 Å². The van der Waals surface area contributed by atoms with Gasteiger partial charge in [0.05, 0.1) is 0 Å². The van der Waals surface area contributed by atoms with Gasteiger partial charge in [0.1, 0.15) is 11.6 Å². The first-order chi connectivity index (χ1) is 12.9. The highest BCUT2D eigenvalue weighted by atomic mass is 19.1. The molecule has 0 aromatic heterocycles. The smallest absolute Gasteiger partial charge is 0.159 e. The molecule has 2 rings (SSSR count). The highest BCUT2D eigenvalue weighted by Crippen LogP contribution is 2.28. The number of ketones is 2. The molecule has 0 saturated heterocycles. The van der Waals surface area contributed by atoms with Crippen LogP contribution in [0.5, 0.6) is 0 Å². The average Bonchev–Trinajstić information content (AvgIpc) is 2.68. The maximum atomic E-state index is 13.2. The predicted octanol–water partition coefficient (Wildman–Crippen LogP) is 5.50. The van der Waals surface area contributed by atoms with Crippen molar-refractivity contribution in [3.05, 3.63) is 89.5 Å². The molecule has 2 atom stereocenters. The Bertz CT molecular complexity index is 834. The average molecular weight is 368 g/mol. The summed E-state index contributed by atoms with van der Waals surface area (Å²) in [5, 5.41) is 0. The van der Waals surface area contributed by atoms with Crippen molar-refractivity contribution >= 4 is 17.6 Å². The van der Waals surface area contributed by atoms with Crippen LogP contribution >= 0.6 is 0 Å². The third-order valence-electron chi connectivity index (χ3n) is 4.39. The standard InChI is InChI=1S/C23H22F2O2/c1-3-21(26)13-14-22(18-7-11-20(25)12-8-18)16(2)23(27)15-6-17-4-9-19(24)10-5-17/h4-16,22H,3H2,1-2H3. The van der Waals surface area contributed by atoms with E-state index in [0.29, 0.717) is 12.0 Å². The number of hydrogen-bond donors (Lipinski definition) is 0. The van der Waals surface area contributed by atoms with E-state index < -0.39 is 5.92 Å². The van der Waals surface area contributed by atoms with Crippen LogP contribution < -0.4 is 0 Å². The van der Waals surface area contributed by atoms with E-state index in [4.69, 9.17) is 0 Å². The minimum absolute atomic E-state index is 0.0383. The van der Waals surface area contributed by atoms with Crippen LogP contribution in [0.2, 0.25) is 0 Å². The van der Waals surface area contributed by atoms with Gasteiger partial charge in [0, 0.05) is 18.3 Å². The number of allylic oxidation sites excluding steroid dienone is 3. The van der Waals surface area contributed by atoms with Crippen molar-refractivity contribution in [2.75, 3.05) is 0 Å². The molecule has 0 spiro atoms. The lowest BCUT2D eigenvalue weighted by Gasteiger charge is -2.19. The fourth-order valence-electron chi connectivity index (χ4n) is 2.66. The molecule has 0 aliphatic carbocycles. The molecular formula is C23H22F2O2. The van der Waals surface area contributed by atoms with Crippen LogP contribution in [0, 0.1) is 17.6 Å². The van der Waals surface area contributed by atoms with Gasteiger partial charge in [0.15, 0.2) is 11.6 Å². The number of rotatable bonds is 8. The van der Waals surface area contributed by atoms with Crippen LogP contribution in [0.4, 0.5) is 8.78 Å². The molecule has 2 unspecified atom stereocenters. The van der Waals surface area contributed by atoms with Gasteiger partial charge >= 0.3 is 0 Å². The molecule has 2 nitrogen and oxygen atoms in total. The van der Waals surface area contributed by atoms with Crippen LogP contribution in [0.3, 0.4) is 0 Å². The summed E-state index contributed by atoms with van der Waals surface area (Å²) >= 11 is 0. The fourth-order valence-corrected chi connectivity index (χ4v) is 2.66. The first-order valence-corrected chi connectivity index (χ1v) is 8.84. The third-order valence-corrected chi connectivity index (χ3v) is 4.39. The quantitative estimate of drug-likeness (QED) is 0.576. The summed E-state index contributed by atoms with van der Waals surface area (Å²) in [6.45, 7) is 3.53. The molecule has 0 heterocycles. The van der Waals surface area contributed by atoms with E-state index in [9.17, 15) is 18.4 Å². The van der Waals surface area contributed by atoms with Gasteiger partial charge in [0.2, 0.25) is 0 Å². The summed E-state index contributed by atoms with van der Waals surface area (Å²) in [5.74, 6) is -1.68. The molecule has 0 bridgehead atoms. The molecule has 0 radical (unpaired) electrons. The van der Waals surface area contributed by atoms with E-state index in [1.807, 2.05) is 0 Å². The van der Waals surface area contributed by atoms with Gasteiger partial charge in [-0.25, -0.2) is 8.78 Å². The summed E-state index contributed by atoms with van der Waals surface area (Å²) in [6.07, 6.45) is 6.62. The zero-order valence-electron chi connectivity index (χ0n) is 15.4. The van der Waals surface area contributed by atoms with E-state index >= 15 is 0 Å². The summed E-state index contributed by atoms with van der Waals surface area (Å²) in [7, 11) is 0. The largest absolute Gasteiger partial charge is 0.295 e. The Kier molecular flexibility index (Phi) is 7.35. The van der Waals surface area contributed by atoms with Gasteiger partial charge in [-0.3, -0.25) is 9.59 Å². The van der Waals surface area contributed by atoms with Crippen molar-refractivity contribution < 1.29 is 18.4 Å². The monoisotopic (exact) mass is 368 g/mol. The van der Waals surface area contributed by atoms with Gasteiger partial charge in [-0.15, -0.1) is 0 Å². The Morgan fingerprint density at radius 3 is 2.04 bits per heavy atom. The van der Waals surface area contributed by atoms with Crippen LogP contribution in [0.15, 0.2) is 66.8 Å². The highest BCUT2D eigenvalue weighted by Gasteiger charge is 2.22. The number of halogens is 2. The molecular weight excluding hydrogens is 346 g/mol. The molecule has 0 N–H and O–H groups in total. The molecule has 2 aromatic rings. The van der Waals surface area contributed by atoms with Crippen LogP contribution in [-0.4, -0.2) is 11.6 Å². The SMILES string of the molecule is CCC(=O)C=CC(c1ccc(F)cc1)C(C)C(=O)C=Cc1ccc(F)cc1. The van der Waals surface area contributed by atoms with Crippen molar-refractivity contribution in [2.45, 2.75) is 26.2 Å². The van der Waals surface area contributed by atoms with Gasteiger partial charge in [0.25, 0.3) is 0 Å². The maximum Gasteiger partial charge on any atom is 0.159 e. The van der Waals surface area contributed by atoms with Crippen molar-refractivity contribution in [3.8, 4) is 0 Å². The second-order valence-corrected chi connectivity index (χ2v) is 6.33. The Labute approximate surface area is 158 Å². The fraction of sp³-hybridized carbons (Fsp3) is 0.217. The third kappa shape index (κ3) is 6.10. The van der Waals surface area contributed by atoms with E-state index in [2.05, 4.69) is 0 Å². The lowest BCUT2D eigenvalue weighted by molar-refractivity contribution is -0.118. The highest BCUT2D eigenvalue weighted by molar-refractivity contribution is 5.96. The molecule has 0 aliphatic heterocycles. The Morgan fingerprint density at radius 1 is 0.926 bits per heavy atom. The van der Waals surface area contributed by atoms with Gasteiger partial charge in [-0.2, -0.15) is 0 Å². The molecule has 0 amide bonds. The normalized spacial score (nSPS) is 13.8. The number of benzene rings is 2. The summed E-state index contributed by atoms with van der Waals surface area (Å²) in [6, 6.07) is 11.7. The first kappa shape index (κ1) is 20.4. The predicted molar refractivity (Wildman–Crippen MR) is 103 cm³/mol. The Balaban J connectivity index is 2.23. The Morgan fingerprint density at radius 2 is 1.48 bits per heavy atom. The number of carbonyl (C=O) groups excluding carboxylic acids is 2. The van der Waals surface area contributed by atoms with Crippen molar-refractivity contribution in [1.29, 1.82) is 0 Å². The summed E-state index contributed by atoms with van der Waals surface area (Å²) in [4.78, 5) is 24.3. The van der Waals surface area contributed by atoms with E-state index in [1.54, 1.807) is 50.3 Å². The van der Waals surface area contributed by atoms with Crippen LogP contribution in [0.25, 0.3) is 6.08 Å². The van der Waals surface area contributed by atoms with Gasteiger partial charge in [-0.05, 0) is 47.5 Å². The van der Waals surface area contributed by atoms with Crippen molar-refractivity contribution in [1.82, 2.24) is 0 Å². The summed E-state index contributed by atoms with van der Waals surface area (Å²) < 4.78 is 26.2. The molecule has 4 heteroatoms. The molecule has 0 fully saturated rings. The molecule has 2 aromatic carbocycles. The number of carbonyl (C=O) groups is 2. The summed E-state index contributed by atoms with van der Waals surface area (Å²) in [5.41, 5.74) is 1.47. The van der Waals surface area contributed by atoms with E-state index in [-0.39, 0.29) is 29.1 Å². The number of hydrogen-bond acceptors (Lipinski definition) is 2. The zero-order valence-corrected chi connectivity index (χ0v) is 15.4. The zero-order chi connectivity index (χ0) is 19.8. The second kappa shape index (κ2) is 9.72. The molecule has 0 aliphatic rings. The maximum absolute atomic E-state index is 13.2. The minimum Gasteiger partial charge on any atom is -0.295 e. The lowest BCUT2D eigenvalue weighted by atomic mass is 9.83. The minimum atomic E-state index is -0.451. The van der Waals surface area contributed by atoms with E-state index in [1.165, 1.54) is 36.4 Å². The van der Waals surface area contributed by atoms with E-state index in [0.717, 1.165) is 5.56 Å².